The molecule has 0 saturated heterocycles. The first-order valence-electron chi connectivity index (χ1n) is 8.36. The fourth-order valence-corrected chi connectivity index (χ4v) is 2.97. The molecule has 1 aliphatic rings. The number of hydrogen-bond acceptors (Lipinski definition) is 4. The standard InChI is InChI=1S/C20H19N3O4/c21-19(22)14-6-8-15(9-7-14)23-11-16(24)18(20(23)27)13-4-1-12(2-5-13)3-10-17(25)26/h1-2,4-9,24H,3,10-11H2,(H3,21,22)(H,25,26). The molecule has 0 atom stereocenters. The zero-order valence-corrected chi connectivity index (χ0v) is 14.5. The number of amides is 1. The maximum atomic E-state index is 12.8. The van der Waals surface area contributed by atoms with Crippen molar-refractivity contribution in [1.29, 1.82) is 5.41 Å². The number of nitrogens with zero attached hydrogens (tertiary/aromatic N) is 1. The Morgan fingerprint density at radius 3 is 2.30 bits per heavy atom. The molecule has 1 heterocycles. The lowest BCUT2D eigenvalue weighted by Crippen LogP contribution is -2.26. The van der Waals surface area contributed by atoms with Gasteiger partial charge in [0, 0.05) is 17.7 Å². The smallest absolute Gasteiger partial charge is 0.303 e. The summed E-state index contributed by atoms with van der Waals surface area (Å²) in [6, 6.07) is 13.6. The summed E-state index contributed by atoms with van der Waals surface area (Å²) in [6.07, 6.45) is 0.444. The molecule has 3 rings (SSSR count). The van der Waals surface area contributed by atoms with Crippen LogP contribution in [0.25, 0.3) is 5.57 Å². The van der Waals surface area contributed by atoms with Crippen LogP contribution >= 0.6 is 0 Å². The Morgan fingerprint density at radius 1 is 1.11 bits per heavy atom. The number of benzene rings is 2. The van der Waals surface area contributed by atoms with Crippen LogP contribution < -0.4 is 10.6 Å². The van der Waals surface area contributed by atoms with E-state index >= 15 is 0 Å². The second-order valence-corrected chi connectivity index (χ2v) is 6.26. The Kier molecular flexibility index (Phi) is 4.94. The zero-order chi connectivity index (χ0) is 19.6. The number of aliphatic carboxylic acids is 1. The van der Waals surface area contributed by atoms with E-state index < -0.39 is 5.97 Å². The van der Waals surface area contributed by atoms with Crippen LogP contribution in [0.2, 0.25) is 0 Å². The molecule has 0 aliphatic carbocycles. The molecule has 2 aromatic carbocycles. The highest BCUT2D eigenvalue weighted by molar-refractivity contribution is 6.29. The summed E-state index contributed by atoms with van der Waals surface area (Å²) < 4.78 is 0. The molecule has 27 heavy (non-hydrogen) atoms. The number of anilines is 1. The second-order valence-electron chi connectivity index (χ2n) is 6.26. The maximum Gasteiger partial charge on any atom is 0.303 e. The van der Waals surface area contributed by atoms with E-state index in [1.165, 1.54) is 4.90 Å². The van der Waals surface area contributed by atoms with E-state index in [0.29, 0.717) is 23.2 Å². The zero-order valence-electron chi connectivity index (χ0n) is 14.5. The molecule has 1 aliphatic heterocycles. The predicted octanol–water partition coefficient (Wildman–Crippen LogP) is 2.30. The summed E-state index contributed by atoms with van der Waals surface area (Å²) in [4.78, 5) is 24.9. The lowest BCUT2D eigenvalue weighted by molar-refractivity contribution is -0.137. The van der Waals surface area contributed by atoms with Gasteiger partial charge in [0.05, 0.1) is 12.1 Å². The molecule has 0 unspecified atom stereocenters. The van der Waals surface area contributed by atoms with Crippen LogP contribution in [0.15, 0.2) is 54.3 Å². The molecule has 0 radical (unpaired) electrons. The fraction of sp³-hybridized carbons (Fsp3) is 0.150. The Hall–Kier alpha value is -3.61. The third-order valence-corrected chi connectivity index (χ3v) is 4.42. The van der Waals surface area contributed by atoms with Crippen molar-refractivity contribution >= 4 is 29.0 Å². The van der Waals surface area contributed by atoms with E-state index in [0.717, 1.165) is 5.56 Å². The number of aliphatic hydroxyl groups is 1. The molecular weight excluding hydrogens is 346 g/mol. The van der Waals surface area contributed by atoms with Crippen molar-refractivity contribution in [3.8, 4) is 0 Å². The van der Waals surface area contributed by atoms with Crippen molar-refractivity contribution in [2.45, 2.75) is 12.8 Å². The van der Waals surface area contributed by atoms with E-state index in [9.17, 15) is 14.7 Å². The molecular formula is C20H19N3O4. The number of nitrogens with two attached hydrogens (primary N) is 1. The second kappa shape index (κ2) is 7.33. The van der Waals surface area contributed by atoms with Crippen LogP contribution in [-0.2, 0) is 16.0 Å². The Bertz CT molecular complexity index is 931. The molecule has 0 spiro atoms. The van der Waals surface area contributed by atoms with Gasteiger partial charge in [0.2, 0.25) is 0 Å². The maximum absolute atomic E-state index is 12.8. The molecule has 5 N–H and O–H groups in total. The van der Waals surface area contributed by atoms with Crippen molar-refractivity contribution in [1.82, 2.24) is 0 Å². The molecule has 138 valence electrons. The quantitative estimate of drug-likeness (QED) is 0.461. The van der Waals surface area contributed by atoms with E-state index in [1.807, 2.05) is 0 Å². The summed E-state index contributed by atoms with van der Waals surface area (Å²) >= 11 is 0. The van der Waals surface area contributed by atoms with Gasteiger partial charge in [0.1, 0.15) is 11.6 Å². The van der Waals surface area contributed by atoms with Crippen LogP contribution in [0.4, 0.5) is 5.69 Å². The number of aryl methyl sites for hydroxylation is 1. The number of amidine groups is 1. The summed E-state index contributed by atoms with van der Waals surface area (Å²) in [5.41, 5.74) is 8.26. The minimum Gasteiger partial charge on any atom is -0.510 e. The lowest BCUT2D eigenvalue weighted by atomic mass is 10.0. The number of carboxylic acids is 1. The lowest BCUT2D eigenvalue weighted by Gasteiger charge is -2.17. The normalized spacial score (nSPS) is 13.9. The minimum absolute atomic E-state index is 0.0195. The van der Waals surface area contributed by atoms with Gasteiger partial charge in [-0.15, -0.1) is 0 Å². The summed E-state index contributed by atoms with van der Waals surface area (Å²) in [5.74, 6) is -1.26. The highest BCUT2D eigenvalue weighted by atomic mass is 16.4. The molecule has 0 saturated carbocycles. The molecule has 0 bridgehead atoms. The van der Waals surface area contributed by atoms with Gasteiger partial charge in [-0.05, 0) is 41.8 Å². The SMILES string of the molecule is N=C(N)c1ccc(N2CC(O)=C(c3ccc(CCC(=O)O)cc3)C2=O)cc1. The average Bonchev–Trinajstić information content (AvgIpc) is 2.95. The van der Waals surface area contributed by atoms with Crippen LogP contribution in [0.5, 0.6) is 0 Å². The first-order valence-corrected chi connectivity index (χ1v) is 8.36. The minimum atomic E-state index is -0.864. The number of aliphatic hydroxyl groups excluding tert-OH is 1. The topological polar surface area (TPSA) is 128 Å². The number of hydrogen-bond donors (Lipinski definition) is 4. The largest absolute Gasteiger partial charge is 0.510 e. The van der Waals surface area contributed by atoms with Crippen molar-refractivity contribution in [2.24, 2.45) is 5.73 Å². The van der Waals surface area contributed by atoms with E-state index in [-0.39, 0.29) is 36.0 Å². The number of carbonyl (C=O) groups is 2. The van der Waals surface area contributed by atoms with Gasteiger partial charge in [-0.2, -0.15) is 0 Å². The third kappa shape index (κ3) is 3.82. The molecule has 7 nitrogen and oxygen atoms in total. The van der Waals surface area contributed by atoms with Gasteiger partial charge in [0.25, 0.3) is 5.91 Å². The predicted molar refractivity (Wildman–Crippen MR) is 102 cm³/mol. The monoisotopic (exact) mass is 365 g/mol. The van der Waals surface area contributed by atoms with Crippen LogP contribution in [0, 0.1) is 5.41 Å². The number of nitrogen functional groups attached to an aromatic ring is 1. The summed E-state index contributed by atoms with van der Waals surface area (Å²) in [7, 11) is 0. The van der Waals surface area contributed by atoms with E-state index in [1.54, 1.807) is 48.5 Å². The van der Waals surface area contributed by atoms with Crippen LogP contribution in [0.1, 0.15) is 23.1 Å². The summed E-state index contributed by atoms with van der Waals surface area (Å²) in [5, 5.41) is 26.5. The number of carboxylic acid groups (broad SMARTS) is 1. The van der Waals surface area contributed by atoms with Gasteiger partial charge in [-0.1, -0.05) is 24.3 Å². The van der Waals surface area contributed by atoms with Crippen molar-refractivity contribution in [3.63, 3.8) is 0 Å². The third-order valence-electron chi connectivity index (χ3n) is 4.42. The number of carbonyl (C=O) groups excluding carboxylic acids is 1. The highest BCUT2D eigenvalue weighted by Crippen LogP contribution is 2.31. The van der Waals surface area contributed by atoms with Gasteiger partial charge in [-0.3, -0.25) is 15.0 Å². The van der Waals surface area contributed by atoms with Gasteiger partial charge >= 0.3 is 5.97 Å². The van der Waals surface area contributed by atoms with Crippen molar-refractivity contribution in [2.75, 3.05) is 11.4 Å². The fourth-order valence-electron chi connectivity index (χ4n) is 2.97. The molecule has 0 aromatic heterocycles. The molecule has 2 aromatic rings. The van der Waals surface area contributed by atoms with E-state index in [2.05, 4.69) is 0 Å². The highest BCUT2D eigenvalue weighted by Gasteiger charge is 2.32. The van der Waals surface area contributed by atoms with Gasteiger partial charge < -0.3 is 20.8 Å². The van der Waals surface area contributed by atoms with Crippen LogP contribution in [-0.4, -0.2) is 34.5 Å². The number of rotatable bonds is 6. The Balaban J connectivity index is 1.79. The van der Waals surface area contributed by atoms with Crippen molar-refractivity contribution in [3.05, 3.63) is 71.0 Å². The van der Waals surface area contributed by atoms with Crippen LogP contribution in [0.3, 0.4) is 0 Å². The average molecular weight is 365 g/mol. The molecule has 7 heteroatoms. The van der Waals surface area contributed by atoms with Crippen molar-refractivity contribution < 1.29 is 19.8 Å². The summed E-state index contributed by atoms with van der Waals surface area (Å²) in [6.45, 7) is 0.0638. The Labute approximate surface area is 155 Å². The van der Waals surface area contributed by atoms with Gasteiger partial charge in [0.15, 0.2) is 0 Å². The first kappa shape index (κ1) is 18.2. The number of nitrogens with one attached hydrogen (secondary N) is 1. The Morgan fingerprint density at radius 2 is 1.74 bits per heavy atom. The molecule has 1 amide bonds. The van der Waals surface area contributed by atoms with E-state index in [4.69, 9.17) is 16.2 Å². The first-order chi connectivity index (χ1) is 12.9. The molecule has 0 fully saturated rings. The van der Waals surface area contributed by atoms with Gasteiger partial charge in [-0.25, -0.2) is 0 Å².